The Balaban J connectivity index is 1.76. The first kappa shape index (κ1) is 17.4. The third-order valence-electron chi connectivity index (χ3n) is 4.79. The monoisotopic (exact) mass is 338 g/mol. The Morgan fingerprint density at radius 2 is 1.88 bits per heavy atom. The smallest absolute Gasteiger partial charge is 0.138 e. The van der Waals surface area contributed by atoms with Crippen LogP contribution in [0, 0.1) is 20.8 Å². The lowest BCUT2D eigenvalue weighted by Gasteiger charge is -2.23. The summed E-state index contributed by atoms with van der Waals surface area (Å²) in [5.41, 5.74) is 4.53. The van der Waals surface area contributed by atoms with Crippen LogP contribution in [0.5, 0.6) is 0 Å². The van der Waals surface area contributed by atoms with Gasteiger partial charge in [0.1, 0.15) is 11.6 Å². The van der Waals surface area contributed by atoms with Gasteiger partial charge in [-0.05, 0) is 51.8 Å². The fraction of sp³-hybridized carbons (Fsp3) is 0.400. The molecule has 0 aliphatic heterocycles. The Morgan fingerprint density at radius 1 is 1.16 bits per heavy atom. The second-order valence-electron chi connectivity index (χ2n) is 6.52. The van der Waals surface area contributed by atoms with Gasteiger partial charge in [0, 0.05) is 35.7 Å². The van der Waals surface area contributed by atoms with Gasteiger partial charge in [-0.2, -0.15) is 0 Å². The van der Waals surface area contributed by atoms with Crippen molar-refractivity contribution in [1.29, 1.82) is 0 Å². The summed E-state index contributed by atoms with van der Waals surface area (Å²) in [6, 6.07) is 9.09. The third kappa shape index (κ3) is 3.51. The molecule has 0 spiro atoms. The molecule has 1 N–H and O–H groups in total. The van der Waals surface area contributed by atoms with E-state index in [4.69, 9.17) is 4.52 Å². The zero-order valence-electron chi connectivity index (χ0n) is 15.6. The predicted octanol–water partition coefficient (Wildman–Crippen LogP) is 4.59. The number of rotatable bonds is 6. The van der Waals surface area contributed by atoms with Crippen LogP contribution in [0.2, 0.25) is 0 Å². The van der Waals surface area contributed by atoms with Crippen molar-refractivity contribution in [2.24, 2.45) is 0 Å². The van der Waals surface area contributed by atoms with E-state index in [1.54, 1.807) is 0 Å². The fourth-order valence-electron chi connectivity index (χ4n) is 3.37. The van der Waals surface area contributed by atoms with Crippen molar-refractivity contribution in [2.45, 2.75) is 53.1 Å². The van der Waals surface area contributed by atoms with Crippen LogP contribution in [0.4, 0.5) is 0 Å². The van der Waals surface area contributed by atoms with E-state index >= 15 is 0 Å². The molecule has 0 radical (unpaired) electrons. The Kier molecular flexibility index (Phi) is 5.04. The molecule has 0 aliphatic rings. The molecular weight excluding hydrogens is 312 g/mol. The molecule has 5 heteroatoms. The van der Waals surface area contributed by atoms with E-state index in [0.29, 0.717) is 0 Å². The number of hydrogen-bond acceptors (Lipinski definition) is 4. The number of aromatic nitrogens is 3. The second kappa shape index (κ2) is 7.23. The zero-order chi connectivity index (χ0) is 18.0. The summed E-state index contributed by atoms with van der Waals surface area (Å²) in [6.07, 6.45) is 4.79. The summed E-state index contributed by atoms with van der Waals surface area (Å²) in [4.78, 5) is 4.28. The van der Waals surface area contributed by atoms with E-state index in [0.717, 1.165) is 29.4 Å². The first-order valence-electron chi connectivity index (χ1n) is 8.80. The fourth-order valence-corrected chi connectivity index (χ4v) is 3.37. The van der Waals surface area contributed by atoms with Gasteiger partial charge < -0.3 is 14.4 Å². The van der Waals surface area contributed by atoms with E-state index in [9.17, 15) is 0 Å². The van der Waals surface area contributed by atoms with Gasteiger partial charge in [-0.3, -0.25) is 0 Å². The zero-order valence-corrected chi connectivity index (χ0v) is 15.6. The summed E-state index contributed by atoms with van der Waals surface area (Å²) in [6.45, 7) is 10.4. The number of aryl methyl sites for hydroxylation is 3. The minimum Gasteiger partial charge on any atom is -0.361 e. The molecule has 2 unspecified atom stereocenters. The second-order valence-corrected chi connectivity index (χ2v) is 6.52. The highest BCUT2D eigenvalue weighted by molar-refractivity contribution is 5.37. The van der Waals surface area contributed by atoms with Crippen LogP contribution in [0.1, 0.15) is 60.8 Å². The molecule has 2 atom stereocenters. The lowest BCUT2D eigenvalue weighted by Crippen LogP contribution is -2.25. The molecule has 0 saturated carbocycles. The summed E-state index contributed by atoms with van der Waals surface area (Å²) >= 11 is 0. The van der Waals surface area contributed by atoms with Crippen molar-refractivity contribution in [1.82, 2.24) is 20.0 Å². The standard InChI is InChI=1S/C20H26N4O/c1-6-19(20-14(3)23-25-15(20)4)22-13(2)17-7-9-18(10-8-17)24-12-11-21-16(24)5/h7-13,19,22H,6H2,1-5H3. The van der Waals surface area contributed by atoms with Gasteiger partial charge in [0.25, 0.3) is 0 Å². The van der Waals surface area contributed by atoms with E-state index in [2.05, 4.69) is 58.1 Å². The van der Waals surface area contributed by atoms with E-state index in [1.807, 2.05) is 33.2 Å². The van der Waals surface area contributed by atoms with Crippen molar-refractivity contribution in [3.63, 3.8) is 0 Å². The van der Waals surface area contributed by atoms with Crippen LogP contribution < -0.4 is 5.32 Å². The summed E-state index contributed by atoms with van der Waals surface area (Å²) < 4.78 is 7.42. The molecule has 1 aromatic carbocycles. The molecule has 0 aliphatic carbocycles. The Morgan fingerprint density at radius 3 is 2.40 bits per heavy atom. The first-order chi connectivity index (χ1) is 12.0. The topological polar surface area (TPSA) is 55.9 Å². The molecular formula is C20H26N4O. The number of imidazole rings is 1. The molecule has 0 fully saturated rings. The molecule has 25 heavy (non-hydrogen) atoms. The normalized spacial score (nSPS) is 13.8. The number of hydrogen-bond donors (Lipinski definition) is 1. The van der Waals surface area contributed by atoms with Crippen LogP contribution in [-0.4, -0.2) is 14.7 Å². The molecule has 132 valence electrons. The maximum Gasteiger partial charge on any atom is 0.138 e. The van der Waals surface area contributed by atoms with Crippen molar-refractivity contribution >= 4 is 0 Å². The minimum absolute atomic E-state index is 0.233. The van der Waals surface area contributed by atoms with Crippen LogP contribution >= 0.6 is 0 Å². The van der Waals surface area contributed by atoms with Crippen LogP contribution in [0.15, 0.2) is 41.2 Å². The van der Waals surface area contributed by atoms with Gasteiger partial charge in [0.2, 0.25) is 0 Å². The lowest BCUT2D eigenvalue weighted by molar-refractivity contribution is 0.387. The van der Waals surface area contributed by atoms with E-state index in [1.165, 1.54) is 11.1 Å². The Labute approximate surface area is 149 Å². The minimum atomic E-state index is 0.233. The summed E-state index contributed by atoms with van der Waals surface area (Å²) in [5, 5.41) is 7.80. The summed E-state index contributed by atoms with van der Waals surface area (Å²) in [7, 11) is 0. The molecule has 0 saturated heterocycles. The lowest BCUT2D eigenvalue weighted by atomic mass is 10.00. The summed E-state index contributed by atoms with van der Waals surface area (Å²) in [5.74, 6) is 1.89. The molecule has 2 heterocycles. The number of benzene rings is 1. The van der Waals surface area contributed by atoms with E-state index in [-0.39, 0.29) is 12.1 Å². The molecule has 2 aromatic heterocycles. The number of nitrogens with one attached hydrogen (secondary N) is 1. The van der Waals surface area contributed by atoms with Crippen molar-refractivity contribution < 1.29 is 4.52 Å². The first-order valence-corrected chi connectivity index (χ1v) is 8.80. The van der Waals surface area contributed by atoms with Gasteiger partial charge in [0.05, 0.1) is 5.69 Å². The maximum absolute atomic E-state index is 5.33. The predicted molar refractivity (Wildman–Crippen MR) is 98.9 cm³/mol. The SMILES string of the molecule is CCC(NC(C)c1ccc(-n2ccnc2C)cc1)c1c(C)noc1C. The van der Waals surface area contributed by atoms with Crippen molar-refractivity contribution in [2.75, 3.05) is 0 Å². The average molecular weight is 338 g/mol. The van der Waals surface area contributed by atoms with Crippen LogP contribution in [0.3, 0.4) is 0 Å². The maximum atomic E-state index is 5.33. The van der Waals surface area contributed by atoms with Gasteiger partial charge in [-0.1, -0.05) is 24.2 Å². The molecule has 5 nitrogen and oxygen atoms in total. The van der Waals surface area contributed by atoms with Gasteiger partial charge in [-0.15, -0.1) is 0 Å². The molecule has 0 bridgehead atoms. The largest absolute Gasteiger partial charge is 0.361 e. The molecule has 3 aromatic rings. The van der Waals surface area contributed by atoms with Gasteiger partial charge in [0.15, 0.2) is 0 Å². The molecule has 0 amide bonds. The third-order valence-corrected chi connectivity index (χ3v) is 4.79. The Bertz CT molecular complexity index is 812. The highest BCUT2D eigenvalue weighted by atomic mass is 16.5. The highest BCUT2D eigenvalue weighted by Crippen LogP contribution is 2.27. The average Bonchev–Trinajstić information content (AvgIpc) is 3.18. The van der Waals surface area contributed by atoms with Crippen molar-refractivity contribution in [3.8, 4) is 5.69 Å². The Hall–Kier alpha value is -2.40. The van der Waals surface area contributed by atoms with Crippen LogP contribution in [-0.2, 0) is 0 Å². The molecule has 3 rings (SSSR count). The highest BCUT2D eigenvalue weighted by Gasteiger charge is 2.21. The number of nitrogens with zero attached hydrogens (tertiary/aromatic N) is 3. The van der Waals surface area contributed by atoms with Crippen molar-refractivity contribution in [3.05, 3.63) is 65.1 Å². The van der Waals surface area contributed by atoms with E-state index < -0.39 is 0 Å². The quantitative estimate of drug-likeness (QED) is 0.714. The van der Waals surface area contributed by atoms with Gasteiger partial charge in [-0.25, -0.2) is 4.98 Å². The van der Waals surface area contributed by atoms with Crippen LogP contribution in [0.25, 0.3) is 5.69 Å². The van der Waals surface area contributed by atoms with Gasteiger partial charge >= 0.3 is 0 Å².